The Hall–Kier alpha value is -3.04. The number of rotatable bonds is 7. The number of amides is 1. The standard InChI is InChI=1S/C25H29N3O5S/c1-25(2,3)33-24(30)28-21(15-34-23(28)16-6-5-9-26-13-16)22(29)19-14-27-20-12-17(7-8-18(19)20)32-11-10-31-4/h5-9,12-14,21,23,27H,10-11,15H2,1-4H3/t21-,23?/m0/s1. The molecule has 3 heterocycles. The summed E-state index contributed by atoms with van der Waals surface area (Å²) in [5.41, 5.74) is 1.49. The fourth-order valence-corrected chi connectivity index (χ4v) is 5.25. The summed E-state index contributed by atoms with van der Waals surface area (Å²) in [6, 6.07) is 8.61. The van der Waals surface area contributed by atoms with Crippen LogP contribution >= 0.6 is 11.8 Å². The van der Waals surface area contributed by atoms with E-state index in [1.165, 1.54) is 11.8 Å². The molecule has 1 aliphatic rings. The lowest BCUT2D eigenvalue weighted by Gasteiger charge is -2.31. The number of carbonyl (C=O) groups is 2. The summed E-state index contributed by atoms with van der Waals surface area (Å²) in [6.07, 6.45) is 4.58. The van der Waals surface area contributed by atoms with Crippen molar-refractivity contribution in [3.8, 4) is 5.75 Å². The van der Waals surface area contributed by atoms with Crippen LogP contribution in [0.2, 0.25) is 0 Å². The normalized spacial score (nSPS) is 18.3. The van der Waals surface area contributed by atoms with Gasteiger partial charge in [0.15, 0.2) is 5.78 Å². The highest BCUT2D eigenvalue weighted by molar-refractivity contribution is 7.99. The molecule has 0 radical (unpaired) electrons. The molecule has 1 N–H and O–H groups in total. The number of fused-ring (bicyclic) bond motifs is 1. The minimum Gasteiger partial charge on any atom is -0.491 e. The SMILES string of the molecule is COCCOc1ccc2c(C(=O)[C@@H]3CSC(c4cccnc4)N3C(=O)OC(C)(C)C)c[nH]c2c1. The number of hydrogen-bond donors (Lipinski definition) is 1. The average molecular weight is 484 g/mol. The molecule has 1 aromatic carbocycles. The number of methoxy groups -OCH3 is 1. The Morgan fingerprint density at radius 3 is 2.76 bits per heavy atom. The molecule has 4 rings (SSSR count). The number of aromatic amines is 1. The van der Waals surface area contributed by atoms with Gasteiger partial charge in [0.25, 0.3) is 0 Å². The third-order valence-electron chi connectivity index (χ3n) is 5.35. The van der Waals surface area contributed by atoms with Crippen LogP contribution in [0.3, 0.4) is 0 Å². The van der Waals surface area contributed by atoms with Gasteiger partial charge in [-0.1, -0.05) is 6.07 Å². The first kappa shape index (κ1) is 24.1. The van der Waals surface area contributed by atoms with Crippen molar-refractivity contribution >= 4 is 34.5 Å². The maximum atomic E-state index is 13.7. The van der Waals surface area contributed by atoms with Crippen LogP contribution in [0.5, 0.6) is 5.75 Å². The Balaban J connectivity index is 1.63. The molecule has 2 atom stereocenters. The molecule has 1 amide bonds. The van der Waals surface area contributed by atoms with Crippen LogP contribution < -0.4 is 4.74 Å². The molecule has 0 saturated carbocycles. The Kier molecular flexibility index (Phi) is 7.13. The number of pyridine rings is 1. The van der Waals surface area contributed by atoms with Gasteiger partial charge >= 0.3 is 6.09 Å². The summed E-state index contributed by atoms with van der Waals surface area (Å²) < 4.78 is 16.4. The number of hydrogen-bond acceptors (Lipinski definition) is 7. The van der Waals surface area contributed by atoms with E-state index in [4.69, 9.17) is 14.2 Å². The van der Waals surface area contributed by atoms with Gasteiger partial charge in [-0.25, -0.2) is 4.79 Å². The number of ether oxygens (including phenoxy) is 3. The third kappa shape index (κ3) is 5.20. The van der Waals surface area contributed by atoms with Crippen molar-refractivity contribution in [1.82, 2.24) is 14.9 Å². The predicted octanol–water partition coefficient (Wildman–Crippen LogP) is 4.82. The summed E-state index contributed by atoms with van der Waals surface area (Å²) in [5.74, 6) is 1.01. The van der Waals surface area contributed by atoms with E-state index >= 15 is 0 Å². The van der Waals surface area contributed by atoms with E-state index in [1.807, 2.05) is 51.1 Å². The van der Waals surface area contributed by atoms with Crippen LogP contribution in [0.15, 0.2) is 48.9 Å². The van der Waals surface area contributed by atoms with Gasteiger partial charge in [-0.3, -0.25) is 14.7 Å². The highest BCUT2D eigenvalue weighted by atomic mass is 32.2. The quantitative estimate of drug-likeness (QED) is 0.380. The number of nitrogens with one attached hydrogen (secondary N) is 1. The van der Waals surface area contributed by atoms with Gasteiger partial charge in [-0.05, 0) is 39.0 Å². The number of Topliss-reactive ketones (excluding diaryl/α,β-unsaturated/α-hetero) is 1. The molecule has 9 heteroatoms. The predicted molar refractivity (Wildman–Crippen MR) is 131 cm³/mol. The van der Waals surface area contributed by atoms with E-state index in [0.717, 1.165) is 16.5 Å². The summed E-state index contributed by atoms with van der Waals surface area (Å²) in [7, 11) is 1.62. The monoisotopic (exact) mass is 483 g/mol. The number of carbonyl (C=O) groups excluding carboxylic acids is 2. The first-order valence-electron chi connectivity index (χ1n) is 11.1. The van der Waals surface area contributed by atoms with E-state index in [1.54, 1.807) is 30.6 Å². The Labute approximate surface area is 203 Å². The zero-order valence-corrected chi connectivity index (χ0v) is 20.6. The maximum Gasteiger partial charge on any atom is 0.412 e. The number of thioether (sulfide) groups is 1. The molecule has 0 aliphatic carbocycles. The summed E-state index contributed by atoms with van der Waals surface area (Å²) >= 11 is 1.53. The third-order valence-corrected chi connectivity index (χ3v) is 6.68. The smallest absolute Gasteiger partial charge is 0.412 e. The second-order valence-electron chi connectivity index (χ2n) is 8.99. The molecule has 1 fully saturated rings. The molecular weight excluding hydrogens is 454 g/mol. The fraction of sp³-hybridized carbons (Fsp3) is 0.400. The van der Waals surface area contributed by atoms with Crippen LogP contribution in [-0.4, -0.2) is 64.5 Å². The lowest BCUT2D eigenvalue weighted by atomic mass is 10.0. The van der Waals surface area contributed by atoms with Gasteiger partial charge in [-0.15, -0.1) is 11.8 Å². The van der Waals surface area contributed by atoms with Crippen molar-refractivity contribution in [2.24, 2.45) is 0 Å². The van der Waals surface area contributed by atoms with Crippen molar-refractivity contribution in [3.63, 3.8) is 0 Å². The highest BCUT2D eigenvalue weighted by Crippen LogP contribution is 2.43. The number of ketones is 1. The van der Waals surface area contributed by atoms with Gasteiger partial charge in [0.2, 0.25) is 0 Å². The topological polar surface area (TPSA) is 93.8 Å². The molecular formula is C25H29N3O5S. The molecule has 180 valence electrons. The second kappa shape index (κ2) is 10.1. The summed E-state index contributed by atoms with van der Waals surface area (Å²) in [4.78, 5) is 35.9. The van der Waals surface area contributed by atoms with E-state index in [9.17, 15) is 9.59 Å². The first-order chi connectivity index (χ1) is 16.3. The number of benzene rings is 1. The Morgan fingerprint density at radius 2 is 2.06 bits per heavy atom. The van der Waals surface area contributed by atoms with Crippen molar-refractivity contribution in [1.29, 1.82) is 0 Å². The summed E-state index contributed by atoms with van der Waals surface area (Å²) in [6.45, 7) is 6.38. The lowest BCUT2D eigenvalue weighted by molar-refractivity contribution is 0.0173. The molecule has 1 unspecified atom stereocenters. The van der Waals surface area contributed by atoms with Gasteiger partial charge in [0, 0.05) is 59.5 Å². The minimum atomic E-state index is -0.683. The number of H-pyrrole nitrogens is 1. The van der Waals surface area contributed by atoms with Crippen molar-refractivity contribution in [2.45, 2.75) is 37.8 Å². The number of aromatic nitrogens is 2. The second-order valence-corrected chi connectivity index (χ2v) is 10.1. The van der Waals surface area contributed by atoms with E-state index in [0.29, 0.717) is 30.3 Å². The zero-order chi connectivity index (χ0) is 24.3. The molecule has 2 aromatic heterocycles. The molecule has 0 bridgehead atoms. The molecule has 0 spiro atoms. The highest BCUT2D eigenvalue weighted by Gasteiger charge is 2.44. The molecule has 1 aliphatic heterocycles. The maximum absolute atomic E-state index is 13.7. The minimum absolute atomic E-state index is 0.135. The number of nitrogens with zero attached hydrogens (tertiary/aromatic N) is 2. The Morgan fingerprint density at radius 1 is 1.24 bits per heavy atom. The molecule has 34 heavy (non-hydrogen) atoms. The van der Waals surface area contributed by atoms with Crippen molar-refractivity contribution < 1.29 is 23.8 Å². The molecule has 1 saturated heterocycles. The summed E-state index contributed by atoms with van der Waals surface area (Å²) in [5, 5.41) is 0.423. The van der Waals surface area contributed by atoms with Crippen LogP contribution in [0.4, 0.5) is 4.79 Å². The fourth-order valence-electron chi connectivity index (χ4n) is 3.85. The average Bonchev–Trinajstić information content (AvgIpc) is 3.43. The van der Waals surface area contributed by atoms with Gasteiger partial charge in [-0.2, -0.15) is 0 Å². The Bertz CT molecular complexity index is 1160. The van der Waals surface area contributed by atoms with Crippen LogP contribution in [0, 0.1) is 0 Å². The largest absolute Gasteiger partial charge is 0.491 e. The molecule has 3 aromatic rings. The van der Waals surface area contributed by atoms with E-state index < -0.39 is 17.7 Å². The lowest BCUT2D eigenvalue weighted by Crippen LogP contribution is -2.45. The van der Waals surface area contributed by atoms with Crippen molar-refractivity contribution in [3.05, 3.63) is 60.0 Å². The van der Waals surface area contributed by atoms with Gasteiger partial charge in [0.05, 0.1) is 6.61 Å². The molecule has 8 nitrogen and oxygen atoms in total. The van der Waals surface area contributed by atoms with Gasteiger partial charge in [0.1, 0.15) is 29.4 Å². The van der Waals surface area contributed by atoms with Crippen LogP contribution in [0.1, 0.15) is 42.1 Å². The van der Waals surface area contributed by atoms with E-state index in [-0.39, 0.29) is 11.2 Å². The first-order valence-corrected chi connectivity index (χ1v) is 12.1. The zero-order valence-electron chi connectivity index (χ0n) is 19.7. The van der Waals surface area contributed by atoms with Crippen LogP contribution in [0.25, 0.3) is 10.9 Å². The van der Waals surface area contributed by atoms with E-state index in [2.05, 4.69) is 9.97 Å². The van der Waals surface area contributed by atoms with Crippen molar-refractivity contribution in [2.75, 3.05) is 26.1 Å². The van der Waals surface area contributed by atoms with Gasteiger partial charge < -0.3 is 19.2 Å². The van der Waals surface area contributed by atoms with Crippen LogP contribution in [-0.2, 0) is 9.47 Å².